The molecule has 12 heteroatoms. The minimum Gasteiger partial charge on any atom is -0.455 e. The third-order valence-electron chi connectivity index (χ3n) is 5.38. The Morgan fingerprint density at radius 3 is 2.25 bits per heavy atom. The van der Waals surface area contributed by atoms with E-state index in [9.17, 15) is 27.6 Å². The molecule has 0 aromatic carbocycles. The van der Waals surface area contributed by atoms with Crippen molar-refractivity contribution in [1.29, 1.82) is 0 Å². The van der Waals surface area contributed by atoms with Crippen LogP contribution >= 0.6 is 0 Å². The van der Waals surface area contributed by atoms with Gasteiger partial charge in [0, 0.05) is 63.9 Å². The monoisotopic (exact) mass is 455 g/mol. The lowest BCUT2D eigenvalue weighted by atomic mass is 9.97. The van der Waals surface area contributed by atoms with E-state index in [2.05, 4.69) is 9.97 Å². The zero-order valence-corrected chi connectivity index (χ0v) is 17.3. The third-order valence-corrected chi connectivity index (χ3v) is 5.38. The quantitative estimate of drug-likeness (QED) is 0.464. The minimum absolute atomic E-state index is 0.280. The van der Waals surface area contributed by atoms with Gasteiger partial charge in [0.25, 0.3) is 11.7 Å². The topological polar surface area (TPSA) is 95.9 Å². The molecule has 0 radical (unpaired) electrons. The Hall–Kier alpha value is -3.18. The summed E-state index contributed by atoms with van der Waals surface area (Å²) in [6, 6.07) is 1.73. The molecule has 1 amide bonds. The fourth-order valence-electron chi connectivity index (χ4n) is 3.50. The second-order valence-electron chi connectivity index (χ2n) is 7.51. The first-order chi connectivity index (χ1) is 15.2. The van der Waals surface area contributed by atoms with Crippen molar-refractivity contribution in [3.8, 4) is 0 Å². The van der Waals surface area contributed by atoms with E-state index in [-0.39, 0.29) is 12.5 Å². The van der Waals surface area contributed by atoms with Crippen molar-refractivity contribution in [3.63, 3.8) is 0 Å². The van der Waals surface area contributed by atoms with E-state index < -0.39 is 23.8 Å². The van der Waals surface area contributed by atoms with Crippen LogP contribution in [0.25, 0.3) is 0 Å². The van der Waals surface area contributed by atoms with Gasteiger partial charge in [-0.15, -0.1) is 0 Å². The summed E-state index contributed by atoms with van der Waals surface area (Å²) in [5.41, 5.74) is 0. The summed E-state index contributed by atoms with van der Waals surface area (Å²) in [6.45, 7) is 2.38. The predicted octanol–water partition coefficient (Wildman–Crippen LogP) is 1.03. The minimum atomic E-state index is -4.90. The van der Waals surface area contributed by atoms with E-state index in [1.54, 1.807) is 28.3 Å². The van der Waals surface area contributed by atoms with Crippen molar-refractivity contribution < 1.29 is 32.3 Å². The van der Waals surface area contributed by atoms with Gasteiger partial charge in [0.15, 0.2) is 6.61 Å². The van der Waals surface area contributed by atoms with E-state index in [1.165, 1.54) is 0 Å². The van der Waals surface area contributed by atoms with Crippen LogP contribution in [0.2, 0.25) is 0 Å². The highest BCUT2D eigenvalue weighted by molar-refractivity contribution is 5.94. The Labute approximate surface area is 182 Å². The van der Waals surface area contributed by atoms with Gasteiger partial charge in [0.1, 0.15) is 0 Å². The van der Waals surface area contributed by atoms with E-state index in [0.717, 1.165) is 6.20 Å². The summed E-state index contributed by atoms with van der Waals surface area (Å²) >= 11 is 0. The van der Waals surface area contributed by atoms with Gasteiger partial charge in [-0.1, -0.05) is 0 Å². The Balaban J connectivity index is 1.36. The van der Waals surface area contributed by atoms with Crippen LogP contribution in [0.3, 0.4) is 0 Å². The van der Waals surface area contributed by atoms with Crippen LogP contribution in [0.15, 0.2) is 30.7 Å². The number of hydrogen-bond donors (Lipinski definition) is 0. The normalized spacial score (nSPS) is 18.2. The van der Waals surface area contributed by atoms with Crippen molar-refractivity contribution in [2.75, 3.05) is 50.8 Å². The number of aromatic nitrogens is 2. The van der Waals surface area contributed by atoms with Gasteiger partial charge in [-0.2, -0.15) is 13.2 Å². The summed E-state index contributed by atoms with van der Waals surface area (Å²) in [5.74, 6) is -2.52. The summed E-state index contributed by atoms with van der Waals surface area (Å²) in [4.78, 5) is 49.1. The number of amides is 1. The smallest absolute Gasteiger partial charge is 0.454 e. The first-order valence-electron chi connectivity index (χ1n) is 10.2. The molecule has 2 aliphatic rings. The summed E-state index contributed by atoms with van der Waals surface area (Å²) in [6.07, 6.45) is 0.736. The number of ketones is 1. The summed E-state index contributed by atoms with van der Waals surface area (Å²) < 4.78 is 41.9. The van der Waals surface area contributed by atoms with Crippen molar-refractivity contribution >= 4 is 23.6 Å². The number of carbonyl (C=O) groups excluding carboxylic acids is 3. The van der Waals surface area contributed by atoms with Crippen molar-refractivity contribution in [2.24, 2.45) is 5.92 Å². The Kier molecular flexibility index (Phi) is 7.65. The molecule has 0 unspecified atom stereocenters. The number of piperazine rings is 1. The first-order valence-corrected chi connectivity index (χ1v) is 10.2. The van der Waals surface area contributed by atoms with Crippen LogP contribution in [0, 0.1) is 5.92 Å². The molecular formula is C20H24F3N5O4. The number of alkyl halides is 3. The average molecular weight is 455 g/mol. The van der Waals surface area contributed by atoms with Crippen molar-refractivity contribution in [1.82, 2.24) is 19.8 Å². The second-order valence-corrected chi connectivity index (χ2v) is 7.51. The molecule has 1 aromatic heterocycles. The van der Waals surface area contributed by atoms with Gasteiger partial charge in [-0.25, -0.2) is 9.97 Å². The average Bonchev–Trinajstić information content (AvgIpc) is 2.81. The molecule has 0 spiro atoms. The van der Waals surface area contributed by atoms with E-state index in [1.807, 2.05) is 4.90 Å². The fourth-order valence-corrected chi connectivity index (χ4v) is 3.50. The highest BCUT2D eigenvalue weighted by Crippen LogP contribution is 2.20. The molecule has 3 heterocycles. The second kappa shape index (κ2) is 10.4. The molecule has 2 aliphatic heterocycles. The number of anilines is 1. The number of allylic oxidation sites excluding steroid dienone is 1. The number of rotatable bonds is 6. The van der Waals surface area contributed by atoms with Crippen molar-refractivity contribution in [3.05, 3.63) is 30.7 Å². The molecular weight excluding hydrogens is 431 g/mol. The number of carbonyl (C=O) groups is 3. The van der Waals surface area contributed by atoms with E-state index in [4.69, 9.17) is 4.74 Å². The maximum atomic E-state index is 12.4. The molecule has 0 N–H and O–H groups in total. The van der Waals surface area contributed by atoms with Gasteiger partial charge < -0.3 is 19.4 Å². The molecule has 3 rings (SSSR count). The molecule has 0 aliphatic carbocycles. The molecule has 174 valence electrons. The van der Waals surface area contributed by atoms with Gasteiger partial charge in [0.2, 0.25) is 5.95 Å². The summed E-state index contributed by atoms with van der Waals surface area (Å²) in [5, 5.41) is 0. The van der Waals surface area contributed by atoms with Crippen LogP contribution < -0.4 is 4.90 Å². The number of esters is 1. The van der Waals surface area contributed by atoms with E-state index >= 15 is 0 Å². The highest BCUT2D eigenvalue weighted by Gasteiger charge is 2.36. The number of likely N-dealkylation sites (tertiary alicyclic amines) is 1. The zero-order valence-electron chi connectivity index (χ0n) is 17.3. The number of piperidine rings is 1. The maximum Gasteiger partial charge on any atom is 0.454 e. The van der Waals surface area contributed by atoms with E-state index in [0.29, 0.717) is 64.1 Å². The highest BCUT2D eigenvalue weighted by atomic mass is 19.4. The third kappa shape index (κ3) is 6.41. The van der Waals surface area contributed by atoms with Crippen LogP contribution in [0.5, 0.6) is 0 Å². The molecule has 0 saturated carbocycles. The number of halogens is 3. The molecule has 9 nitrogen and oxygen atoms in total. The lowest BCUT2D eigenvalue weighted by Gasteiger charge is -2.34. The van der Waals surface area contributed by atoms with Gasteiger partial charge in [-0.05, 0) is 18.9 Å². The molecule has 0 bridgehead atoms. The van der Waals surface area contributed by atoms with Crippen molar-refractivity contribution in [2.45, 2.75) is 19.0 Å². The molecule has 0 atom stereocenters. The summed E-state index contributed by atoms with van der Waals surface area (Å²) in [7, 11) is 0. The van der Waals surface area contributed by atoms with Crippen LogP contribution in [-0.4, -0.2) is 89.5 Å². The number of nitrogens with zero attached hydrogens (tertiary/aromatic N) is 5. The van der Waals surface area contributed by atoms with Crippen LogP contribution in [0.4, 0.5) is 19.1 Å². The van der Waals surface area contributed by atoms with Gasteiger partial charge in [0.05, 0.1) is 5.92 Å². The lowest BCUT2D eigenvalue weighted by molar-refractivity contribution is -0.165. The number of hydrogen-bond acceptors (Lipinski definition) is 8. The Morgan fingerprint density at radius 1 is 1.03 bits per heavy atom. The Morgan fingerprint density at radius 2 is 1.66 bits per heavy atom. The van der Waals surface area contributed by atoms with Crippen LogP contribution in [0.1, 0.15) is 12.8 Å². The first kappa shape index (κ1) is 23.5. The molecule has 2 fully saturated rings. The van der Waals surface area contributed by atoms with Gasteiger partial charge >= 0.3 is 12.1 Å². The SMILES string of the molecule is O=C(OCC(=O)N1CCN(c2ncccn2)CC1)C1CCN(C=CC(=O)C(F)(F)F)CC1. The molecule has 32 heavy (non-hydrogen) atoms. The zero-order chi connectivity index (χ0) is 23.1. The van der Waals surface area contributed by atoms with Gasteiger partial charge in [-0.3, -0.25) is 14.4 Å². The molecule has 2 saturated heterocycles. The maximum absolute atomic E-state index is 12.4. The standard InChI is InChI=1S/C20H24F3N5O4/c21-20(22,23)16(29)4-9-26-7-2-15(3-8-26)18(31)32-14-17(30)27-10-12-28(13-11-27)19-24-5-1-6-25-19/h1,4-6,9,15H,2-3,7-8,10-14H2. The Bertz CT molecular complexity index is 833. The van der Waals surface area contributed by atoms with Crippen LogP contribution in [-0.2, 0) is 19.1 Å². The predicted molar refractivity (Wildman–Crippen MR) is 106 cm³/mol. The fraction of sp³-hybridized carbons (Fsp3) is 0.550. The largest absolute Gasteiger partial charge is 0.455 e. The lowest BCUT2D eigenvalue weighted by Crippen LogP contribution is -2.50. The number of ether oxygens (including phenoxy) is 1. The molecule has 1 aromatic rings.